The molecule has 1 aliphatic heterocycles. The number of benzene rings is 2. The summed E-state index contributed by atoms with van der Waals surface area (Å²) >= 11 is 6.07. The number of hydrogen-bond acceptors (Lipinski definition) is 6. The SMILES string of the molecule is Cc1cc(Cl)cc(-c2nnc(NC(=O)c3ccc(S(=O)(=O)N4C[C@H](C)C[C@H](C)C4)cc3)o2)c1. The van der Waals surface area contributed by atoms with Crippen LogP contribution in [-0.4, -0.2) is 41.9 Å². The molecule has 1 fully saturated rings. The zero-order valence-electron chi connectivity index (χ0n) is 18.6. The van der Waals surface area contributed by atoms with Gasteiger partial charge < -0.3 is 4.42 Å². The highest BCUT2D eigenvalue weighted by Crippen LogP contribution is 2.27. The van der Waals surface area contributed by atoms with Crippen molar-refractivity contribution in [2.45, 2.75) is 32.1 Å². The molecular formula is C23H25ClN4O4S. The molecule has 8 nitrogen and oxygen atoms in total. The molecule has 0 radical (unpaired) electrons. The van der Waals surface area contributed by atoms with Crippen LogP contribution in [0.4, 0.5) is 6.01 Å². The average Bonchev–Trinajstić information content (AvgIpc) is 3.21. The number of carbonyl (C=O) groups is 1. The van der Waals surface area contributed by atoms with E-state index in [-0.39, 0.29) is 22.4 Å². The van der Waals surface area contributed by atoms with E-state index in [0.717, 1.165) is 12.0 Å². The van der Waals surface area contributed by atoms with Gasteiger partial charge in [0.05, 0.1) is 4.90 Å². The minimum absolute atomic E-state index is 0.0689. The first kappa shape index (κ1) is 23.4. The highest BCUT2D eigenvalue weighted by atomic mass is 35.5. The van der Waals surface area contributed by atoms with Crippen molar-refractivity contribution in [1.29, 1.82) is 0 Å². The van der Waals surface area contributed by atoms with Crippen molar-refractivity contribution >= 4 is 33.5 Å². The molecule has 2 atom stereocenters. The molecule has 4 rings (SSSR count). The molecule has 33 heavy (non-hydrogen) atoms. The number of aromatic nitrogens is 2. The first-order valence-electron chi connectivity index (χ1n) is 10.6. The number of sulfonamides is 1. The van der Waals surface area contributed by atoms with Gasteiger partial charge in [0.25, 0.3) is 5.91 Å². The second kappa shape index (κ2) is 9.24. The van der Waals surface area contributed by atoms with Crippen LogP contribution in [0.15, 0.2) is 51.8 Å². The van der Waals surface area contributed by atoms with Crippen molar-refractivity contribution in [1.82, 2.24) is 14.5 Å². The fraction of sp³-hybridized carbons (Fsp3) is 0.348. The number of rotatable bonds is 5. The lowest BCUT2D eigenvalue weighted by Gasteiger charge is -2.34. The smallest absolute Gasteiger partial charge is 0.322 e. The summed E-state index contributed by atoms with van der Waals surface area (Å²) in [6.45, 7) is 7.01. The van der Waals surface area contributed by atoms with Gasteiger partial charge in [-0.1, -0.05) is 30.5 Å². The van der Waals surface area contributed by atoms with Gasteiger partial charge in [0.2, 0.25) is 15.9 Å². The molecule has 0 aliphatic carbocycles. The maximum Gasteiger partial charge on any atom is 0.322 e. The monoisotopic (exact) mass is 488 g/mol. The van der Waals surface area contributed by atoms with E-state index >= 15 is 0 Å². The van der Waals surface area contributed by atoms with Crippen LogP contribution in [0.3, 0.4) is 0 Å². The molecule has 0 spiro atoms. The van der Waals surface area contributed by atoms with Crippen LogP contribution in [0, 0.1) is 18.8 Å². The Morgan fingerprint density at radius 2 is 1.76 bits per heavy atom. The molecule has 1 amide bonds. The standard InChI is InChI=1S/C23H25ClN4O4S/c1-14-9-18(11-19(24)10-14)22-26-27-23(32-22)25-21(29)17-4-6-20(7-5-17)33(30,31)28-12-15(2)8-16(3)13-28/h4-7,9-11,15-16H,8,12-13H2,1-3H3,(H,25,27,29)/t15-,16+. The lowest BCUT2D eigenvalue weighted by molar-refractivity contribution is 0.102. The summed E-state index contributed by atoms with van der Waals surface area (Å²) < 4.78 is 33.1. The molecule has 1 aliphatic rings. The molecule has 2 heterocycles. The third-order valence-corrected chi connectivity index (χ3v) is 7.59. The van der Waals surface area contributed by atoms with E-state index in [1.54, 1.807) is 12.1 Å². The quantitative estimate of drug-likeness (QED) is 0.561. The summed E-state index contributed by atoms with van der Waals surface area (Å²) in [6, 6.07) is 11.1. The summed E-state index contributed by atoms with van der Waals surface area (Å²) in [7, 11) is -3.61. The van der Waals surface area contributed by atoms with Crippen molar-refractivity contribution < 1.29 is 17.6 Å². The van der Waals surface area contributed by atoms with Crippen LogP contribution in [0.2, 0.25) is 5.02 Å². The van der Waals surface area contributed by atoms with Gasteiger partial charge in [0, 0.05) is 29.2 Å². The molecule has 1 aromatic heterocycles. The molecule has 10 heteroatoms. The Morgan fingerprint density at radius 3 is 2.39 bits per heavy atom. The van der Waals surface area contributed by atoms with E-state index < -0.39 is 15.9 Å². The van der Waals surface area contributed by atoms with Gasteiger partial charge in [-0.2, -0.15) is 4.31 Å². The van der Waals surface area contributed by atoms with Crippen LogP contribution in [0.5, 0.6) is 0 Å². The number of carbonyl (C=O) groups excluding carboxylic acids is 1. The molecule has 2 aromatic carbocycles. The average molecular weight is 489 g/mol. The van der Waals surface area contributed by atoms with Crippen LogP contribution >= 0.6 is 11.6 Å². The number of aryl methyl sites for hydroxylation is 1. The fourth-order valence-electron chi connectivity index (χ4n) is 4.15. The Kier molecular flexibility index (Phi) is 6.56. The van der Waals surface area contributed by atoms with Gasteiger partial charge in [0.1, 0.15) is 0 Å². The third kappa shape index (κ3) is 5.26. The normalized spacial score (nSPS) is 19.4. The van der Waals surface area contributed by atoms with Crippen molar-refractivity contribution in [2.75, 3.05) is 18.4 Å². The lowest BCUT2D eigenvalue weighted by atomic mass is 9.94. The second-order valence-corrected chi connectivity index (χ2v) is 11.1. The van der Waals surface area contributed by atoms with E-state index in [0.29, 0.717) is 35.5 Å². The topological polar surface area (TPSA) is 105 Å². The molecule has 174 valence electrons. The van der Waals surface area contributed by atoms with E-state index in [2.05, 4.69) is 29.4 Å². The molecule has 1 saturated heterocycles. The zero-order valence-corrected chi connectivity index (χ0v) is 20.2. The van der Waals surface area contributed by atoms with Crippen LogP contribution in [-0.2, 0) is 10.0 Å². The van der Waals surface area contributed by atoms with E-state index in [4.69, 9.17) is 16.0 Å². The van der Waals surface area contributed by atoms with Crippen molar-refractivity contribution in [3.63, 3.8) is 0 Å². The highest BCUT2D eigenvalue weighted by Gasteiger charge is 2.31. The summed E-state index contributed by atoms with van der Waals surface area (Å²) in [5, 5.41) is 10.9. The zero-order chi connectivity index (χ0) is 23.8. The van der Waals surface area contributed by atoms with Crippen LogP contribution in [0.1, 0.15) is 36.2 Å². The van der Waals surface area contributed by atoms with Gasteiger partial charge in [-0.3, -0.25) is 10.1 Å². The number of nitrogens with one attached hydrogen (secondary N) is 1. The van der Waals surface area contributed by atoms with Crippen molar-refractivity contribution in [2.24, 2.45) is 11.8 Å². The van der Waals surface area contributed by atoms with Gasteiger partial charge in [-0.15, -0.1) is 5.10 Å². The number of nitrogens with zero attached hydrogens (tertiary/aromatic N) is 3. The minimum atomic E-state index is -3.61. The van der Waals surface area contributed by atoms with Crippen LogP contribution < -0.4 is 5.32 Å². The number of amides is 1. The second-order valence-electron chi connectivity index (χ2n) is 8.68. The summed E-state index contributed by atoms with van der Waals surface area (Å²) in [4.78, 5) is 12.8. The largest absolute Gasteiger partial charge is 0.403 e. The van der Waals surface area contributed by atoms with E-state index in [9.17, 15) is 13.2 Å². The number of anilines is 1. The summed E-state index contributed by atoms with van der Waals surface area (Å²) in [5.74, 6) is 0.353. The summed E-state index contributed by atoms with van der Waals surface area (Å²) in [6.07, 6.45) is 1.01. The highest BCUT2D eigenvalue weighted by molar-refractivity contribution is 7.89. The predicted octanol–water partition coefficient (Wildman–Crippen LogP) is 4.62. The van der Waals surface area contributed by atoms with Gasteiger partial charge >= 0.3 is 6.01 Å². The van der Waals surface area contributed by atoms with Crippen molar-refractivity contribution in [3.8, 4) is 11.5 Å². The Balaban J connectivity index is 1.46. The Labute approximate surface area is 198 Å². The van der Waals surface area contributed by atoms with E-state index in [1.165, 1.54) is 28.6 Å². The molecular weight excluding hydrogens is 464 g/mol. The van der Waals surface area contributed by atoms with Crippen LogP contribution in [0.25, 0.3) is 11.5 Å². The van der Waals surface area contributed by atoms with Crippen molar-refractivity contribution in [3.05, 3.63) is 58.6 Å². The molecule has 0 saturated carbocycles. The van der Waals surface area contributed by atoms with Gasteiger partial charge in [-0.25, -0.2) is 8.42 Å². The molecule has 1 N–H and O–H groups in total. The number of halogens is 1. The van der Waals surface area contributed by atoms with Gasteiger partial charge in [0.15, 0.2) is 0 Å². The Morgan fingerprint density at radius 1 is 1.09 bits per heavy atom. The maximum absolute atomic E-state index is 13.0. The maximum atomic E-state index is 13.0. The molecule has 0 bridgehead atoms. The Hall–Kier alpha value is -2.75. The minimum Gasteiger partial charge on any atom is -0.403 e. The summed E-state index contributed by atoms with van der Waals surface area (Å²) in [5.41, 5.74) is 1.85. The molecule has 3 aromatic rings. The van der Waals surface area contributed by atoms with Gasteiger partial charge in [-0.05, 0) is 73.2 Å². The fourth-order valence-corrected chi connectivity index (χ4v) is 6.12. The first-order chi connectivity index (χ1) is 15.6. The predicted molar refractivity (Wildman–Crippen MR) is 126 cm³/mol. The number of hydrogen-bond donors (Lipinski definition) is 1. The van der Waals surface area contributed by atoms with E-state index in [1.807, 2.05) is 13.0 Å². The first-order valence-corrected chi connectivity index (χ1v) is 12.5. The lowest BCUT2D eigenvalue weighted by Crippen LogP contribution is -2.42. The molecule has 0 unspecified atom stereocenters. The Bertz CT molecular complexity index is 1240. The number of piperidine rings is 1. The third-order valence-electron chi connectivity index (χ3n) is 5.52.